The summed E-state index contributed by atoms with van der Waals surface area (Å²) in [6.07, 6.45) is 1.77. The van der Waals surface area contributed by atoms with Crippen molar-refractivity contribution >= 4 is 44.9 Å². The lowest BCUT2D eigenvalue weighted by atomic mass is 10.2. The van der Waals surface area contributed by atoms with E-state index in [1.54, 1.807) is 6.08 Å². The third-order valence-corrected chi connectivity index (χ3v) is 6.55. The van der Waals surface area contributed by atoms with Gasteiger partial charge < -0.3 is 9.30 Å². The molecule has 2 aromatic carbocycles. The largest absolute Gasteiger partial charge is 0.492 e. The van der Waals surface area contributed by atoms with E-state index in [-0.39, 0.29) is 30.1 Å². The van der Waals surface area contributed by atoms with Crippen LogP contribution >= 0.6 is 27.7 Å². The topological polar surface area (TPSA) is 51.5 Å². The highest BCUT2D eigenvalue weighted by Gasteiger charge is 2.35. The van der Waals surface area contributed by atoms with Gasteiger partial charge in [-0.1, -0.05) is 15.9 Å². The number of rotatable bonds is 6. The average molecular weight is 515 g/mol. The molecule has 4 rings (SSSR count). The molecule has 1 fully saturated rings. The minimum Gasteiger partial charge on any atom is -0.492 e. The Balaban J connectivity index is 1.48. The van der Waals surface area contributed by atoms with Crippen LogP contribution in [-0.4, -0.2) is 33.8 Å². The first kappa shape index (κ1) is 22.4. The van der Waals surface area contributed by atoms with Gasteiger partial charge in [0.05, 0.1) is 11.4 Å². The van der Waals surface area contributed by atoms with Crippen LogP contribution in [0.25, 0.3) is 11.8 Å². The maximum atomic E-state index is 13.0. The summed E-state index contributed by atoms with van der Waals surface area (Å²) in [6, 6.07) is 15.6. The molecule has 0 saturated carbocycles. The van der Waals surface area contributed by atoms with Crippen LogP contribution in [0.3, 0.4) is 0 Å². The Labute approximate surface area is 198 Å². The maximum absolute atomic E-state index is 13.0. The Morgan fingerprint density at radius 1 is 1.06 bits per heavy atom. The lowest BCUT2D eigenvalue weighted by Crippen LogP contribution is -2.32. The predicted octanol–water partition coefficient (Wildman–Crippen LogP) is 6.11. The number of hydrogen-bond acceptors (Lipinski definition) is 4. The highest BCUT2D eigenvalue weighted by Crippen LogP contribution is 2.33. The maximum Gasteiger partial charge on any atom is 0.293 e. The van der Waals surface area contributed by atoms with Crippen molar-refractivity contribution in [2.75, 3.05) is 13.2 Å². The van der Waals surface area contributed by atoms with Crippen molar-refractivity contribution < 1.29 is 18.7 Å². The van der Waals surface area contributed by atoms with Crippen LogP contribution in [0.2, 0.25) is 0 Å². The van der Waals surface area contributed by atoms with Crippen LogP contribution in [0.15, 0.2) is 64.0 Å². The standard InChI is InChI=1S/C24H20BrFN2O3S/c1-15-13-17(16(2)28(15)20-7-3-18(25)4-8-20)14-22-23(29)27(24(30)32-22)11-12-31-21-9-5-19(26)6-10-21/h3-10,13-14H,11-12H2,1-2H3/b22-14-. The van der Waals surface area contributed by atoms with E-state index in [0.717, 1.165) is 38.9 Å². The summed E-state index contributed by atoms with van der Waals surface area (Å²) >= 11 is 4.38. The van der Waals surface area contributed by atoms with Crippen LogP contribution in [-0.2, 0) is 4.79 Å². The molecule has 1 saturated heterocycles. The van der Waals surface area contributed by atoms with E-state index in [1.165, 1.54) is 29.2 Å². The number of ether oxygens (including phenoxy) is 1. The summed E-state index contributed by atoms with van der Waals surface area (Å²) in [5, 5.41) is -0.328. The zero-order valence-corrected chi connectivity index (χ0v) is 19.9. The Morgan fingerprint density at radius 2 is 1.75 bits per heavy atom. The number of halogens is 2. The molecule has 1 aliphatic heterocycles. The molecule has 2 amide bonds. The number of nitrogens with zero attached hydrogens (tertiary/aromatic N) is 2. The predicted molar refractivity (Wildman–Crippen MR) is 128 cm³/mol. The van der Waals surface area contributed by atoms with Crippen molar-refractivity contribution in [1.82, 2.24) is 9.47 Å². The number of carbonyl (C=O) groups excluding carboxylic acids is 2. The van der Waals surface area contributed by atoms with Gasteiger partial charge in [0.25, 0.3) is 11.1 Å². The summed E-state index contributed by atoms with van der Waals surface area (Å²) in [5.41, 5.74) is 3.92. The van der Waals surface area contributed by atoms with Crippen LogP contribution in [0.5, 0.6) is 5.75 Å². The van der Waals surface area contributed by atoms with Crippen LogP contribution < -0.4 is 4.74 Å². The molecule has 0 N–H and O–H groups in total. The van der Waals surface area contributed by atoms with Crippen LogP contribution in [0.4, 0.5) is 9.18 Å². The highest BCUT2D eigenvalue weighted by atomic mass is 79.9. The number of imide groups is 1. The van der Waals surface area contributed by atoms with Crippen LogP contribution in [0.1, 0.15) is 17.0 Å². The van der Waals surface area contributed by atoms with Crippen molar-refractivity contribution in [1.29, 1.82) is 0 Å². The number of hydrogen-bond donors (Lipinski definition) is 0. The first-order valence-electron chi connectivity index (χ1n) is 9.92. The van der Waals surface area contributed by atoms with E-state index < -0.39 is 0 Å². The lowest BCUT2D eigenvalue weighted by Gasteiger charge is -2.13. The SMILES string of the molecule is Cc1cc(/C=C2\SC(=O)N(CCOc3ccc(F)cc3)C2=O)c(C)n1-c1ccc(Br)cc1. The van der Waals surface area contributed by atoms with Gasteiger partial charge in [0.15, 0.2) is 0 Å². The minimum atomic E-state index is -0.354. The third-order valence-electron chi connectivity index (χ3n) is 5.11. The molecule has 3 aromatic rings. The van der Waals surface area contributed by atoms with Crippen LogP contribution in [0, 0.1) is 19.7 Å². The van der Waals surface area contributed by atoms with Gasteiger partial charge in [-0.2, -0.15) is 0 Å². The Bertz CT molecular complexity index is 1200. The van der Waals surface area contributed by atoms with Crippen molar-refractivity contribution in [3.8, 4) is 11.4 Å². The minimum absolute atomic E-state index is 0.122. The molecule has 2 heterocycles. The molecular weight excluding hydrogens is 495 g/mol. The zero-order chi connectivity index (χ0) is 22.8. The molecule has 8 heteroatoms. The molecule has 1 aromatic heterocycles. The summed E-state index contributed by atoms with van der Waals surface area (Å²) < 4.78 is 21.6. The van der Waals surface area contributed by atoms with Gasteiger partial charge in [-0.3, -0.25) is 14.5 Å². The number of aromatic nitrogens is 1. The molecule has 32 heavy (non-hydrogen) atoms. The highest BCUT2D eigenvalue weighted by molar-refractivity contribution is 9.10. The first-order valence-corrected chi connectivity index (χ1v) is 11.5. The van der Waals surface area contributed by atoms with E-state index in [9.17, 15) is 14.0 Å². The first-order chi connectivity index (χ1) is 15.3. The van der Waals surface area contributed by atoms with Gasteiger partial charge in [-0.05, 0) is 91.8 Å². The number of carbonyl (C=O) groups is 2. The molecule has 0 aliphatic carbocycles. The zero-order valence-electron chi connectivity index (χ0n) is 17.5. The molecule has 0 radical (unpaired) electrons. The normalized spacial score (nSPS) is 15.1. The Hall–Kier alpha value is -2.84. The second kappa shape index (κ2) is 9.34. The van der Waals surface area contributed by atoms with Crippen molar-refractivity contribution in [3.05, 3.63) is 86.7 Å². The number of aryl methyl sites for hydroxylation is 1. The smallest absolute Gasteiger partial charge is 0.293 e. The second-order valence-corrected chi connectivity index (χ2v) is 9.18. The van der Waals surface area contributed by atoms with Gasteiger partial charge in [0, 0.05) is 21.5 Å². The van der Waals surface area contributed by atoms with Gasteiger partial charge >= 0.3 is 0 Å². The molecule has 164 valence electrons. The van der Waals surface area contributed by atoms with Crippen molar-refractivity contribution in [2.24, 2.45) is 0 Å². The summed E-state index contributed by atoms with van der Waals surface area (Å²) in [5.74, 6) is -0.210. The number of thioether (sulfide) groups is 1. The van der Waals surface area contributed by atoms with E-state index in [4.69, 9.17) is 4.74 Å². The van der Waals surface area contributed by atoms with Gasteiger partial charge in [-0.25, -0.2) is 4.39 Å². The quantitative estimate of drug-likeness (QED) is 0.372. The Morgan fingerprint density at radius 3 is 2.44 bits per heavy atom. The molecule has 5 nitrogen and oxygen atoms in total. The number of amides is 2. The average Bonchev–Trinajstić information content (AvgIpc) is 3.19. The van der Waals surface area contributed by atoms with E-state index in [2.05, 4.69) is 20.5 Å². The molecule has 0 unspecified atom stereocenters. The number of benzene rings is 2. The second-order valence-electron chi connectivity index (χ2n) is 7.27. The fourth-order valence-corrected chi connectivity index (χ4v) is 4.66. The van der Waals surface area contributed by atoms with E-state index >= 15 is 0 Å². The van der Waals surface area contributed by atoms with E-state index in [1.807, 2.05) is 44.2 Å². The van der Waals surface area contributed by atoms with Crippen molar-refractivity contribution in [2.45, 2.75) is 13.8 Å². The third kappa shape index (κ3) is 4.66. The molecular formula is C24H20BrFN2O3S. The molecule has 0 atom stereocenters. The monoisotopic (exact) mass is 514 g/mol. The van der Waals surface area contributed by atoms with E-state index in [0.29, 0.717) is 10.7 Å². The fourth-order valence-electron chi connectivity index (χ4n) is 3.54. The molecule has 0 bridgehead atoms. The molecule has 0 spiro atoms. The van der Waals surface area contributed by atoms with Crippen molar-refractivity contribution in [3.63, 3.8) is 0 Å². The Kier molecular flexibility index (Phi) is 6.53. The van der Waals surface area contributed by atoms with Gasteiger partial charge in [0.2, 0.25) is 0 Å². The van der Waals surface area contributed by atoms with Gasteiger partial charge in [-0.15, -0.1) is 0 Å². The summed E-state index contributed by atoms with van der Waals surface area (Å²) in [4.78, 5) is 26.8. The lowest BCUT2D eigenvalue weighted by molar-refractivity contribution is -0.123. The van der Waals surface area contributed by atoms with Gasteiger partial charge in [0.1, 0.15) is 18.2 Å². The summed E-state index contributed by atoms with van der Waals surface area (Å²) in [7, 11) is 0. The fraction of sp³-hybridized carbons (Fsp3) is 0.167. The summed E-state index contributed by atoms with van der Waals surface area (Å²) in [6.45, 7) is 4.25. The molecule has 1 aliphatic rings.